The van der Waals surface area contributed by atoms with E-state index in [9.17, 15) is 0 Å². The molecule has 0 spiro atoms. The van der Waals surface area contributed by atoms with Crippen LogP contribution in [0.4, 0.5) is 0 Å². The van der Waals surface area contributed by atoms with Crippen LogP contribution in [0.25, 0.3) is 0 Å². The van der Waals surface area contributed by atoms with Gasteiger partial charge in [-0.2, -0.15) is 0 Å². The van der Waals surface area contributed by atoms with Crippen molar-refractivity contribution >= 4 is 0 Å². The molecule has 4 nitrogen and oxygen atoms in total. The molecule has 0 aliphatic rings. The maximum Gasteiger partial charge on any atom is 0.0921 e. The van der Waals surface area contributed by atoms with Gasteiger partial charge in [0.1, 0.15) is 0 Å². The number of rotatable bonds is 3. The molecule has 0 saturated carbocycles. The third-order valence-corrected chi connectivity index (χ3v) is 0.996. The molecule has 1 heterocycles. The summed E-state index contributed by atoms with van der Waals surface area (Å²) >= 11 is 0. The Morgan fingerprint density at radius 1 is 1.67 bits per heavy atom. The largest absolute Gasteiger partial charge is 0.298 e. The summed E-state index contributed by atoms with van der Waals surface area (Å²) in [4.78, 5) is 0. The van der Waals surface area contributed by atoms with Crippen molar-refractivity contribution in [1.82, 2.24) is 20.3 Å². The molecular formula is C5H10N4. The van der Waals surface area contributed by atoms with Gasteiger partial charge in [-0.3, -0.25) is 5.32 Å². The van der Waals surface area contributed by atoms with E-state index in [1.165, 1.54) is 0 Å². The summed E-state index contributed by atoms with van der Waals surface area (Å²) in [6.07, 6.45) is 3.49. The quantitative estimate of drug-likeness (QED) is 0.612. The predicted octanol–water partition coefficient (Wildman–Crippen LogP) is -0.155. The molecule has 0 saturated heterocycles. The zero-order valence-electron chi connectivity index (χ0n) is 5.41. The van der Waals surface area contributed by atoms with Crippen molar-refractivity contribution in [2.45, 2.75) is 13.6 Å². The molecule has 4 heteroatoms. The molecule has 0 bridgehead atoms. The molecule has 0 aromatic carbocycles. The number of nitrogens with zero attached hydrogens (tertiary/aromatic N) is 3. The first-order valence-electron chi connectivity index (χ1n) is 2.98. The topological polar surface area (TPSA) is 42.7 Å². The van der Waals surface area contributed by atoms with Crippen LogP contribution in [0, 0.1) is 0 Å². The Kier molecular flexibility index (Phi) is 2.21. The Hall–Kier alpha value is -0.900. The van der Waals surface area contributed by atoms with Crippen molar-refractivity contribution in [3.05, 3.63) is 12.4 Å². The van der Waals surface area contributed by atoms with E-state index in [0.717, 1.165) is 13.2 Å². The fourth-order valence-corrected chi connectivity index (χ4v) is 0.543. The minimum atomic E-state index is 0.747. The van der Waals surface area contributed by atoms with Crippen LogP contribution in [0.3, 0.4) is 0 Å². The van der Waals surface area contributed by atoms with Crippen LogP contribution in [-0.4, -0.2) is 21.5 Å². The van der Waals surface area contributed by atoms with E-state index in [-0.39, 0.29) is 0 Å². The highest BCUT2D eigenvalue weighted by Gasteiger charge is 1.84. The molecule has 0 fully saturated rings. The minimum Gasteiger partial charge on any atom is -0.298 e. The molecular weight excluding hydrogens is 116 g/mol. The normalized spacial score (nSPS) is 9.89. The second-order valence-corrected chi connectivity index (χ2v) is 1.70. The highest BCUT2D eigenvalue weighted by Crippen LogP contribution is 1.74. The van der Waals surface area contributed by atoms with E-state index >= 15 is 0 Å². The van der Waals surface area contributed by atoms with Crippen molar-refractivity contribution in [2.24, 2.45) is 0 Å². The molecule has 0 atom stereocenters. The number of aromatic nitrogens is 3. The molecule has 9 heavy (non-hydrogen) atoms. The van der Waals surface area contributed by atoms with Crippen LogP contribution in [0.1, 0.15) is 6.92 Å². The second kappa shape index (κ2) is 3.19. The third kappa shape index (κ3) is 1.81. The summed E-state index contributed by atoms with van der Waals surface area (Å²) in [6.45, 7) is 3.76. The summed E-state index contributed by atoms with van der Waals surface area (Å²) < 4.78 is 1.74. The van der Waals surface area contributed by atoms with Gasteiger partial charge >= 0.3 is 0 Å². The van der Waals surface area contributed by atoms with Crippen LogP contribution in [-0.2, 0) is 6.67 Å². The van der Waals surface area contributed by atoms with E-state index < -0.39 is 0 Å². The van der Waals surface area contributed by atoms with E-state index in [4.69, 9.17) is 0 Å². The highest BCUT2D eigenvalue weighted by molar-refractivity contribution is 4.62. The first kappa shape index (κ1) is 6.22. The Bertz CT molecular complexity index is 146. The first-order valence-corrected chi connectivity index (χ1v) is 2.98. The zero-order valence-corrected chi connectivity index (χ0v) is 5.41. The van der Waals surface area contributed by atoms with Crippen LogP contribution < -0.4 is 5.32 Å². The second-order valence-electron chi connectivity index (χ2n) is 1.70. The number of hydrogen-bond acceptors (Lipinski definition) is 3. The van der Waals surface area contributed by atoms with Crippen molar-refractivity contribution in [2.75, 3.05) is 6.54 Å². The molecule has 0 unspecified atom stereocenters. The Balaban J connectivity index is 2.30. The maximum absolute atomic E-state index is 3.76. The lowest BCUT2D eigenvalue weighted by molar-refractivity contribution is 0.511. The Labute approximate surface area is 53.9 Å². The van der Waals surface area contributed by atoms with Gasteiger partial charge in [0.25, 0.3) is 0 Å². The van der Waals surface area contributed by atoms with E-state index in [0.29, 0.717) is 0 Å². The zero-order chi connectivity index (χ0) is 6.53. The highest BCUT2D eigenvalue weighted by atomic mass is 15.4. The van der Waals surface area contributed by atoms with E-state index in [1.54, 1.807) is 10.9 Å². The molecule has 1 aromatic heterocycles. The van der Waals surface area contributed by atoms with Crippen molar-refractivity contribution < 1.29 is 0 Å². The van der Waals surface area contributed by atoms with Crippen LogP contribution >= 0.6 is 0 Å². The summed E-state index contributed by atoms with van der Waals surface area (Å²) in [5.41, 5.74) is 0. The molecule has 0 aliphatic heterocycles. The van der Waals surface area contributed by atoms with E-state index in [1.807, 2.05) is 6.20 Å². The van der Waals surface area contributed by atoms with Crippen molar-refractivity contribution in [1.29, 1.82) is 0 Å². The van der Waals surface area contributed by atoms with Gasteiger partial charge in [-0.1, -0.05) is 12.1 Å². The lowest BCUT2D eigenvalue weighted by atomic mass is 10.7. The standard InChI is InChI=1S/C5H10N4/c1-2-6-5-9-4-3-7-8-9/h3-4,6H,2,5H2,1H3. The van der Waals surface area contributed by atoms with Crippen LogP contribution in [0.5, 0.6) is 0 Å². The lowest BCUT2D eigenvalue weighted by Crippen LogP contribution is -2.17. The van der Waals surface area contributed by atoms with Gasteiger partial charge in [0.15, 0.2) is 0 Å². The molecule has 0 aliphatic carbocycles. The van der Waals surface area contributed by atoms with Crippen molar-refractivity contribution in [3.63, 3.8) is 0 Å². The minimum absolute atomic E-state index is 0.747. The van der Waals surface area contributed by atoms with Gasteiger partial charge in [-0.15, -0.1) is 5.10 Å². The van der Waals surface area contributed by atoms with Crippen molar-refractivity contribution in [3.8, 4) is 0 Å². The number of hydrogen-bond donors (Lipinski definition) is 1. The average molecular weight is 126 g/mol. The van der Waals surface area contributed by atoms with Gasteiger partial charge in [-0.25, -0.2) is 4.68 Å². The van der Waals surface area contributed by atoms with Gasteiger partial charge in [-0.05, 0) is 6.54 Å². The smallest absolute Gasteiger partial charge is 0.0921 e. The summed E-state index contributed by atoms with van der Waals surface area (Å²) in [7, 11) is 0. The van der Waals surface area contributed by atoms with Gasteiger partial charge in [0.05, 0.1) is 12.9 Å². The average Bonchev–Trinajstić information content (AvgIpc) is 2.34. The molecule has 50 valence electrons. The lowest BCUT2D eigenvalue weighted by Gasteiger charge is -1.97. The molecule has 1 rings (SSSR count). The third-order valence-electron chi connectivity index (χ3n) is 0.996. The van der Waals surface area contributed by atoms with Gasteiger partial charge in [0, 0.05) is 6.20 Å². The van der Waals surface area contributed by atoms with Gasteiger partial charge < -0.3 is 0 Å². The predicted molar refractivity (Wildman–Crippen MR) is 33.7 cm³/mol. The fourth-order valence-electron chi connectivity index (χ4n) is 0.543. The monoisotopic (exact) mass is 126 g/mol. The number of nitrogens with one attached hydrogen (secondary N) is 1. The SMILES string of the molecule is CCNCn1ccnn1. The fraction of sp³-hybridized carbons (Fsp3) is 0.600. The Morgan fingerprint density at radius 2 is 2.56 bits per heavy atom. The molecule has 0 amide bonds. The molecule has 1 aromatic rings. The van der Waals surface area contributed by atoms with E-state index in [2.05, 4.69) is 22.6 Å². The molecule has 0 radical (unpaired) electrons. The van der Waals surface area contributed by atoms with Crippen LogP contribution in [0.2, 0.25) is 0 Å². The maximum atomic E-state index is 3.76. The van der Waals surface area contributed by atoms with Crippen LogP contribution in [0.15, 0.2) is 12.4 Å². The summed E-state index contributed by atoms with van der Waals surface area (Å²) in [6, 6.07) is 0. The summed E-state index contributed by atoms with van der Waals surface area (Å²) in [5.74, 6) is 0. The first-order chi connectivity index (χ1) is 4.43. The summed E-state index contributed by atoms with van der Waals surface area (Å²) in [5, 5.41) is 10.5. The molecule has 1 N–H and O–H groups in total. The van der Waals surface area contributed by atoms with Gasteiger partial charge in [0.2, 0.25) is 0 Å². The Morgan fingerprint density at radius 3 is 3.11 bits per heavy atom.